The van der Waals surface area contributed by atoms with Gasteiger partial charge in [-0.25, -0.2) is 9.78 Å². The smallest absolute Gasteiger partial charge is 0.347 e. The summed E-state index contributed by atoms with van der Waals surface area (Å²) < 4.78 is 0. The minimum Gasteiger partial charge on any atom is -0.477 e. The molecule has 2 unspecified atom stereocenters. The Morgan fingerprint density at radius 3 is 2.83 bits per heavy atom. The van der Waals surface area contributed by atoms with Crippen LogP contribution in [0, 0.1) is 12.8 Å². The number of aryl methyl sites for hydroxylation is 1. The maximum atomic E-state index is 11.0. The largest absolute Gasteiger partial charge is 0.477 e. The SMILES string of the molecule is CCC1CCCCC1Nc1nc(C)c(C(=O)O)s1. The van der Waals surface area contributed by atoms with Crippen LogP contribution in [0.5, 0.6) is 0 Å². The number of nitrogens with zero attached hydrogens (tertiary/aromatic N) is 1. The summed E-state index contributed by atoms with van der Waals surface area (Å²) >= 11 is 1.25. The molecule has 1 saturated carbocycles. The molecule has 0 radical (unpaired) electrons. The molecule has 1 aromatic rings. The van der Waals surface area contributed by atoms with Gasteiger partial charge in [-0.2, -0.15) is 0 Å². The first-order valence-corrected chi connectivity index (χ1v) is 7.40. The number of rotatable bonds is 4. The predicted octanol–water partition coefficient (Wildman–Crippen LogP) is 3.53. The highest BCUT2D eigenvalue weighted by Crippen LogP contribution is 2.31. The van der Waals surface area contributed by atoms with Gasteiger partial charge in [0.15, 0.2) is 5.13 Å². The summed E-state index contributed by atoms with van der Waals surface area (Å²) in [6.45, 7) is 3.98. The minimum atomic E-state index is -0.881. The van der Waals surface area contributed by atoms with Crippen molar-refractivity contribution in [2.45, 2.75) is 52.0 Å². The summed E-state index contributed by atoms with van der Waals surface area (Å²) in [6.07, 6.45) is 6.18. The molecule has 0 saturated heterocycles. The zero-order chi connectivity index (χ0) is 13.1. The number of carbonyl (C=O) groups is 1. The van der Waals surface area contributed by atoms with E-state index in [0.717, 1.165) is 5.13 Å². The van der Waals surface area contributed by atoms with Crippen molar-refractivity contribution in [3.8, 4) is 0 Å². The Balaban J connectivity index is 2.08. The number of aromatic carboxylic acids is 1. The second-order valence-electron chi connectivity index (χ2n) is 4.94. The van der Waals surface area contributed by atoms with E-state index < -0.39 is 5.97 Å². The van der Waals surface area contributed by atoms with Crippen molar-refractivity contribution in [1.82, 2.24) is 4.98 Å². The Bertz CT molecular complexity index is 431. The minimum absolute atomic E-state index is 0.348. The third kappa shape index (κ3) is 2.83. The lowest BCUT2D eigenvalue weighted by molar-refractivity contribution is 0.0701. The fourth-order valence-electron chi connectivity index (χ4n) is 2.70. The molecular weight excluding hydrogens is 248 g/mol. The number of carboxylic acids is 1. The molecule has 0 aromatic carbocycles. The normalized spacial score (nSPS) is 23.9. The topological polar surface area (TPSA) is 62.2 Å². The molecule has 1 aliphatic carbocycles. The van der Waals surface area contributed by atoms with Crippen LogP contribution in [0.3, 0.4) is 0 Å². The molecular formula is C13H20N2O2S. The van der Waals surface area contributed by atoms with Crippen LogP contribution in [0.15, 0.2) is 0 Å². The van der Waals surface area contributed by atoms with Crippen molar-refractivity contribution in [2.24, 2.45) is 5.92 Å². The molecule has 0 spiro atoms. The first-order chi connectivity index (χ1) is 8.61. The van der Waals surface area contributed by atoms with Crippen molar-refractivity contribution < 1.29 is 9.90 Å². The summed E-state index contributed by atoms with van der Waals surface area (Å²) in [5.74, 6) is -0.190. The number of aromatic nitrogens is 1. The lowest BCUT2D eigenvalue weighted by Gasteiger charge is -2.31. The average Bonchev–Trinajstić information content (AvgIpc) is 2.71. The van der Waals surface area contributed by atoms with Gasteiger partial charge >= 0.3 is 5.97 Å². The summed E-state index contributed by atoms with van der Waals surface area (Å²) in [5.41, 5.74) is 0.610. The maximum Gasteiger partial charge on any atom is 0.347 e. The Morgan fingerprint density at radius 1 is 1.50 bits per heavy atom. The zero-order valence-corrected chi connectivity index (χ0v) is 11.7. The van der Waals surface area contributed by atoms with Crippen LogP contribution in [-0.4, -0.2) is 22.1 Å². The molecule has 1 fully saturated rings. The lowest BCUT2D eigenvalue weighted by atomic mass is 9.83. The molecule has 2 rings (SSSR count). The van der Waals surface area contributed by atoms with E-state index in [1.54, 1.807) is 6.92 Å². The van der Waals surface area contributed by atoms with Gasteiger partial charge in [0, 0.05) is 6.04 Å². The van der Waals surface area contributed by atoms with Crippen molar-refractivity contribution in [3.05, 3.63) is 10.6 Å². The van der Waals surface area contributed by atoms with E-state index in [0.29, 0.717) is 22.5 Å². The Kier molecular flexibility index (Phi) is 4.22. The van der Waals surface area contributed by atoms with Crippen LogP contribution >= 0.6 is 11.3 Å². The first-order valence-electron chi connectivity index (χ1n) is 6.59. The number of hydrogen-bond acceptors (Lipinski definition) is 4. The molecule has 2 atom stereocenters. The van der Waals surface area contributed by atoms with Gasteiger partial charge in [0.1, 0.15) is 4.88 Å². The van der Waals surface area contributed by atoms with Crippen LogP contribution in [0.1, 0.15) is 54.4 Å². The van der Waals surface area contributed by atoms with Crippen molar-refractivity contribution >= 4 is 22.4 Å². The van der Waals surface area contributed by atoms with Gasteiger partial charge in [0.25, 0.3) is 0 Å². The first kappa shape index (κ1) is 13.3. The van der Waals surface area contributed by atoms with Gasteiger partial charge in [0.2, 0.25) is 0 Å². The molecule has 0 amide bonds. The standard InChI is InChI=1S/C13H20N2O2S/c1-3-9-6-4-5-7-10(9)15-13-14-8(2)11(18-13)12(16)17/h9-10H,3-7H2,1-2H3,(H,14,15)(H,16,17). The fraction of sp³-hybridized carbons (Fsp3) is 0.692. The zero-order valence-electron chi connectivity index (χ0n) is 10.9. The van der Waals surface area contributed by atoms with Gasteiger partial charge in [-0.15, -0.1) is 0 Å². The monoisotopic (exact) mass is 268 g/mol. The molecule has 0 aliphatic heterocycles. The molecule has 1 heterocycles. The van der Waals surface area contributed by atoms with E-state index in [-0.39, 0.29) is 0 Å². The Morgan fingerprint density at radius 2 is 2.22 bits per heavy atom. The third-order valence-corrected chi connectivity index (χ3v) is 4.81. The van der Waals surface area contributed by atoms with Gasteiger partial charge in [-0.05, 0) is 25.7 Å². The molecule has 0 bridgehead atoms. The summed E-state index contributed by atoms with van der Waals surface area (Å²) in [6, 6.07) is 0.455. The van der Waals surface area contributed by atoms with Gasteiger partial charge < -0.3 is 10.4 Å². The van der Waals surface area contributed by atoms with Gasteiger partial charge in [-0.3, -0.25) is 0 Å². The summed E-state index contributed by atoms with van der Waals surface area (Å²) in [7, 11) is 0. The quantitative estimate of drug-likeness (QED) is 0.877. The number of thiazole rings is 1. The maximum absolute atomic E-state index is 11.0. The molecule has 100 valence electrons. The Labute approximate surface area is 111 Å². The van der Waals surface area contributed by atoms with Gasteiger partial charge in [-0.1, -0.05) is 37.5 Å². The second-order valence-corrected chi connectivity index (χ2v) is 5.94. The van der Waals surface area contributed by atoms with Crippen LogP contribution in [0.2, 0.25) is 0 Å². The van der Waals surface area contributed by atoms with E-state index in [9.17, 15) is 4.79 Å². The summed E-state index contributed by atoms with van der Waals surface area (Å²) in [4.78, 5) is 15.7. The van der Waals surface area contributed by atoms with Crippen LogP contribution in [-0.2, 0) is 0 Å². The van der Waals surface area contributed by atoms with Gasteiger partial charge in [0.05, 0.1) is 5.69 Å². The second kappa shape index (κ2) is 5.69. The van der Waals surface area contributed by atoms with Crippen molar-refractivity contribution in [2.75, 3.05) is 5.32 Å². The van der Waals surface area contributed by atoms with Crippen molar-refractivity contribution in [1.29, 1.82) is 0 Å². The fourth-order valence-corrected chi connectivity index (χ4v) is 3.57. The highest BCUT2D eigenvalue weighted by atomic mass is 32.1. The van der Waals surface area contributed by atoms with E-state index >= 15 is 0 Å². The molecule has 5 heteroatoms. The summed E-state index contributed by atoms with van der Waals surface area (Å²) in [5, 5.41) is 13.2. The highest BCUT2D eigenvalue weighted by molar-refractivity contribution is 7.17. The van der Waals surface area contributed by atoms with E-state index in [1.807, 2.05) is 0 Å². The van der Waals surface area contributed by atoms with Crippen LogP contribution < -0.4 is 5.32 Å². The van der Waals surface area contributed by atoms with E-state index in [1.165, 1.54) is 43.4 Å². The van der Waals surface area contributed by atoms with Crippen LogP contribution in [0.4, 0.5) is 5.13 Å². The number of carboxylic acid groups (broad SMARTS) is 1. The number of hydrogen-bond donors (Lipinski definition) is 2. The third-order valence-electron chi connectivity index (χ3n) is 3.73. The lowest BCUT2D eigenvalue weighted by Crippen LogP contribution is -2.31. The molecule has 4 nitrogen and oxygen atoms in total. The number of nitrogens with one attached hydrogen (secondary N) is 1. The van der Waals surface area contributed by atoms with Crippen LogP contribution in [0.25, 0.3) is 0 Å². The Hall–Kier alpha value is -1.10. The van der Waals surface area contributed by atoms with E-state index in [2.05, 4.69) is 17.2 Å². The molecule has 1 aliphatic rings. The average molecular weight is 268 g/mol. The molecule has 18 heavy (non-hydrogen) atoms. The predicted molar refractivity (Wildman–Crippen MR) is 73.5 cm³/mol. The molecule has 1 aromatic heterocycles. The van der Waals surface area contributed by atoms with E-state index in [4.69, 9.17) is 5.11 Å². The van der Waals surface area contributed by atoms with Crippen molar-refractivity contribution in [3.63, 3.8) is 0 Å². The number of anilines is 1. The highest BCUT2D eigenvalue weighted by Gasteiger charge is 2.25. The molecule has 2 N–H and O–H groups in total.